The third kappa shape index (κ3) is 5.11. The van der Waals surface area contributed by atoms with Crippen LogP contribution in [-0.4, -0.2) is 31.7 Å². The third-order valence-corrected chi connectivity index (χ3v) is 10.3. The second-order valence-corrected chi connectivity index (χ2v) is 13.2. The molecule has 2 nitrogen and oxygen atoms in total. The van der Waals surface area contributed by atoms with Crippen LogP contribution in [0.3, 0.4) is 0 Å². The molecule has 1 aliphatic rings. The minimum absolute atomic E-state index is 0.348. The summed E-state index contributed by atoms with van der Waals surface area (Å²) in [5, 5.41) is 0. The van der Waals surface area contributed by atoms with Crippen molar-refractivity contribution in [1.29, 1.82) is 0 Å². The first-order valence-electron chi connectivity index (χ1n) is 6.66. The molecule has 0 amide bonds. The Balaban J connectivity index is 2.32. The Bertz CT molecular complexity index is 192. The summed E-state index contributed by atoms with van der Waals surface area (Å²) in [7, 11) is 6.28. The van der Waals surface area contributed by atoms with E-state index < -0.39 is 19.0 Å². The Kier molecular flexibility index (Phi) is 7.69. The zero-order valence-electron chi connectivity index (χ0n) is 10.6. The van der Waals surface area contributed by atoms with Crippen molar-refractivity contribution >= 4 is 28.0 Å². The molecule has 0 spiro atoms. The molecule has 0 aromatic rings. The second-order valence-electron chi connectivity index (χ2n) is 5.01. The Morgan fingerprint density at radius 2 is 2.12 bits per heavy atom. The molecule has 1 fully saturated rings. The fourth-order valence-corrected chi connectivity index (χ4v) is 8.06. The molecule has 0 bridgehead atoms. The second kappa shape index (κ2) is 8.17. The van der Waals surface area contributed by atoms with Crippen molar-refractivity contribution in [3.8, 4) is 0 Å². The van der Waals surface area contributed by atoms with Gasteiger partial charge in [-0.3, -0.25) is 0 Å². The summed E-state index contributed by atoms with van der Waals surface area (Å²) in [6.07, 6.45) is 6.68. The van der Waals surface area contributed by atoms with E-state index in [1.54, 1.807) is 0 Å². The van der Waals surface area contributed by atoms with E-state index >= 15 is 0 Å². The van der Waals surface area contributed by atoms with Gasteiger partial charge in [0.2, 0.25) is 0 Å². The third-order valence-electron chi connectivity index (χ3n) is 3.76. The standard InChI is InChI=1S/C10H20N.C2H5O.ClH.Sn.H/c1-3-9-6-4-5-7-10(9)8(2)11;1-2-3;;;/h8-10H,1,3-7,11H2,2H3;2H2,1H3;1H;;/q;-1;;+2;/p-1. The molecular weight excluding hydrogens is 328 g/mol. The van der Waals surface area contributed by atoms with Gasteiger partial charge in [0.1, 0.15) is 0 Å². The number of halogens is 1. The molecule has 1 rings (SSSR count). The van der Waals surface area contributed by atoms with Crippen molar-refractivity contribution in [3.05, 3.63) is 0 Å². The van der Waals surface area contributed by atoms with Crippen molar-refractivity contribution in [1.82, 2.24) is 0 Å². The molecule has 1 aliphatic carbocycles. The molecule has 0 aliphatic heterocycles. The van der Waals surface area contributed by atoms with E-state index in [0.29, 0.717) is 6.04 Å². The van der Waals surface area contributed by atoms with Crippen molar-refractivity contribution in [2.24, 2.45) is 17.6 Å². The Morgan fingerprint density at radius 1 is 1.44 bits per heavy atom. The molecule has 4 unspecified atom stereocenters. The van der Waals surface area contributed by atoms with Crippen LogP contribution in [0.15, 0.2) is 0 Å². The van der Waals surface area contributed by atoms with Crippen LogP contribution in [0.1, 0.15) is 46.0 Å². The first-order valence-corrected chi connectivity index (χ1v) is 14.5. The molecular formula is C12H26ClNOSn. The van der Waals surface area contributed by atoms with Crippen molar-refractivity contribution in [2.45, 2.75) is 56.4 Å². The first-order chi connectivity index (χ1) is 7.65. The number of hydrogen-bond acceptors (Lipinski definition) is 2. The SMILES string of the molecule is CC[O][SnH]([Cl])[CH2]CC1CCCCC1C(C)N. The van der Waals surface area contributed by atoms with Gasteiger partial charge in [0, 0.05) is 0 Å². The molecule has 0 radical (unpaired) electrons. The Labute approximate surface area is 111 Å². The quantitative estimate of drug-likeness (QED) is 0.744. The van der Waals surface area contributed by atoms with Gasteiger partial charge in [-0.05, 0) is 0 Å². The topological polar surface area (TPSA) is 35.2 Å². The van der Waals surface area contributed by atoms with Gasteiger partial charge in [-0.2, -0.15) is 0 Å². The van der Waals surface area contributed by atoms with Crippen LogP contribution in [-0.2, 0) is 3.07 Å². The molecule has 4 heteroatoms. The maximum atomic E-state index is 6.28. The molecule has 4 atom stereocenters. The van der Waals surface area contributed by atoms with Crippen LogP contribution in [0, 0.1) is 11.8 Å². The van der Waals surface area contributed by atoms with Gasteiger partial charge in [0.05, 0.1) is 0 Å². The molecule has 0 heterocycles. The molecule has 0 saturated heterocycles. The summed E-state index contributed by atoms with van der Waals surface area (Å²) in [5.41, 5.74) is 6.08. The first kappa shape index (κ1) is 15.1. The van der Waals surface area contributed by atoms with Crippen molar-refractivity contribution < 1.29 is 3.07 Å². The summed E-state index contributed by atoms with van der Waals surface area (Å²) in [6, 6.07) is 0.348. The van der Waals surface area contributed by atoms with Gasteiger partial charge >= 0.3 is 112 Å². The fraction of sp³-hybridized carbons (Fsp3) is 1.00. The van der Waals surface area contributed by atoms with E-state index in [-0.39, 0.29) is 0 Å². The predicted octanol–water partition coefficient (Wildman–Crippen LogP) is 3.03. The van der Waals surface area contributed by atoms with E-state index in [9.17, 15) is 0 Å². The van der Waals surface area contributed by atoms with Crippen LogP contribution < -0.4 is 5.73 Å². The van der Waals surface area contributed by atoms with Gasteiger partial charge in [0.25, 0.3) is 0 Å². The van der Waals surface area contributed by atoms with Gasteiger partial charge < -0.3 is 0 Å². The zero-order chi connectivity index (χ0) is 12.0. The van der Waals surface area contributed by atoms with Crippen LogP contribution >= 0.6 is 8.92 Å². The maximum absolute atomic E-state index is 6.28. The fourth-order valence-electron chi connectivity index (χ4n) is 2.90. The molecule has 2 N–H and O–H groups in total. The summed E-state index contributed by atoms with van der Waals surface area (Å²) < 4.78 is 6.74. The molecule has 1 saturated carbocycles. The van der Waals surface area contributed by atoms with E-state index in [1.807, 2.05) is 6.92 Å². The summed E-state index contributed by atoms with van der Waals surface area (Å²) >= 11 is -2.06. The molecule has 0 aromatic carbocycles. The Hall–Kier alpha value is 1.01. The summed E-state index contributed by atoms with van der Waals surface area (Å²) in [4.78, 5) is 0. The Morgan fingerprint density at radius 3 is 2.75 bits per heavy atom. The molecule has 16 heavy (non-hydrogen) atoms. The van der Waals surface area contributed by atoms with E-state index in [1.165, 1.54) is 36.5 Å². The van der Waals surface area contributed by atoms with Gasteiger partial charge in [-0.1, -0.05) is 0 Å². The monoisotopic (exact) mass is 355 g/mol. The average Bonchev–Trinajstić information content (AvgIpc) is 2.27. The summed E-state index contributed by atoms with van der Waals surface area (Å²) in [6.45, 7) is 5.00. The number of nitrogens with two attached hydrogens (primary N) is 1. The molecule has 0 aromatic heterocycles. The average molecular weight is 355 g/mol. The zero-order valence-corrected chi connectivity index (χ0v) is 14.7. The van der Waals surface area contributed by atoms with Crippen molar-refractivity contribution in [3.63, 3.8) is 0 Å². The van der Waals surface area contributed by atoms with Crippen LogP contribution in [0.25, 0.3) is 0 Å². The van der Waals surface area contributed by atoms with Crippen LogP contribution in [0.4, 0.5) is 0 Å². The molecule has 96 valence electrons. The van der Waals surface area contributed by atoms with E-state index in [0.717, 1.165) is 18.4 Å². The van der Waals surface area contributed by atoms with Crippen LogP contribution in [0.2, 0.25) is 4.44 Å². The van der Waals surface area contributed by atoms with E-state index in [2.05, 4.69) is 6.92 Å². The van der Waals surface area contributed by atoms with Gasteiger partial charge in [0.15, 0.2) is 0 Å². The number of hydrogen-bond donors (Lipinski definition) is 1. The van der Waals surface area contributed by atoms with Gasteiger partial charge in [-0.15, -0.1) is 0 Å². The van der Waals surface area contributed by atoms with Gasteiger partial charge in [-0.25, -0.2) is 0 Å². The number of rotatable bonds is 6. The minimum atomic E-state index is -2.06. The van der Waals surface area contributed by atoms with Crippen LogP contribution in [0.5, 0.6) is 0 Å². The summed E-state index contributed by atoms with van der Waals surface area (Å²) in [5.74, 6) is 1.54. The normalized spacial score (nSPS) is 30.0. The van der Waals surface area contributed by atoms with E-state index in [4.69, 9.17) is 17.7 Å². The van der Waals surface area contributed by atoms with Crippen molar-refractivity contribution in [2.75, 3.05) is 6.61 Å². The predicted molar refractivity (Wildman–Crippen MR) is 73.1 cm³/mol.